The van der Waals surface area contributed by atoms with Crippen LogP contribution >= 0.6 is 0 Å². The Morgan fingerprint density at radius 2 is 1.36 bits per heavy atom. The molecule has 4 nitrogen and oxygen atoms in total. The van der Waals surface area contributed by atoms with Crippen LogP contribution in [0.15, 0.2) is 0 Å². The molecule has 0 bridgehead atoms. The molecule has 0 saturated carbocycles. The Bertz CT molecular complexity index is 134. The lowest BCUT2D eigenvalue weighted by atomic mass is 10.5. The Kier molecular flexibility index (Phi) is 5.90. The van der Waals surface area contributed by atoms with Crippen molar-refractivity contribution in [2.75, 3.05) is 0 Å². The molecule has 0 unspecified atom stereocenters. The lowest BCUT2D eigenvalue weighted by Gasteiger charge is -1.92. The van der Waals surface area contributed by atoms with Crippen molar-refractivity contribution in [3.8, 4) is 0 Å². The molecule has 0 aromatic rings. The molecule has 0 rings (SSSR count). The second-order valence-corrected chi connectivity index (χ2v) is 4.61. The Morgan fingerprint density at radius 3 is 1.64 bits per heavy atom. The van der Waals surface area contributed by atoms with Gasteiger partial charge < -0.3 is 11.5 Å². The third-order valence-corrected chi connectivity index (χ3v) is 3.05. The summed E-state index contributed by atoms with van der Waals surface area (Å²) in [6.45, 7) is 0. The van der Waals surface area contributed by atoms with Gasteiger partial charge in [0.1, 0.15) is 0 Å². The first-order chi connectivity index (χ1) is 5.13. The van der Waals surface area contributed by atoms with Crippen molar-refractivity contribution in [2.24, 2.45) is 11.5 Å². The van der Waals surface area contributed by atoms with E-state index in [1.807, 2.05) is 0 Å². The molecule has 0 aliphatic rings. The normalized spacial score (nSPS) is 9.09. The zero-order valence-corrected chi connectivity index (χ0v) is 7.92. The fourth-order valence-corrected chi connectivity index (χ4v) is 2.33. The minimum absolute atomic E-state index is 0.253. The first-order valence-electron chi connectivity index (χ1n) is 3.69. The van der Waals surface area contributed by atoms with Crippen LogP contribution in [0.2, 0.25) is 10.6 Å². The van der Waals surface area contributed by atoms with E-state index in [0.29, 0.717) is 12.8 Å². The molecule has 0 aliphatic heterocycles. The Hall–Kier alpha value is -0.528. The summed E-state index contributed by atoms with van der Waals surface area (Å²) in [5.41, 5.74) is 9.85. The standard InChI is InChI=1S/2C3H6NO.Al.H/c2*1-2-3(4)5;;/h2*1-2H2,(H2,4,5);;. The van der Waals surface area contributed by atoms with Gasteiger partial charge in [0.15, 0.2) is 0 Å². The highest BCUT2D eigenvalue weighted by Crippen LogP contribution is 1.94. The lowest BCUT2D eigenvalue weighted by Crippen LogP contribution is -2.13. The molecule has 5 heteroatoms. The third kappa shape index (κ3) is 9.47. The fraction of sp³-hybridized carbons (Fsp3) is 0.667. The second kappa shape index (κ2) is 6.20. The molecule has 0 spiro atoms. The smallest absolute Gasteiger partial charge is 0.238 e. The zero-order chi connectivity index (χ0) is 8.69. The van der Waals surface area contributed by atoms with E-state index in [0.717, 1.165) is 10.6 Å². The molecule has 0 aromatic carbocycles. The summed E-state index contributed by atoms with van der Waals surface area (Å²) in [6, 6.07) is 0. The van der Waals surface area contributed by atoms with Gasteiger partial charge >= 0.3 is 0 Å². The molecule has 4 N–H and O–H groups in total. The van der Waals surface area contributed by atoms with Crippen LogP contribution in [-0.4, -0.2) is 27.0 Å². The van der Waals surface area contributed by atoms with Gasteiger partial charge in [0.05, 0.1) is 0 Å². The second-order valence-electron chi connectivity index (χ2n) is 2.49. The van der Waals surface area contributed by atoms with E-state index in [4.69, 9.17) is 11.5 Å². The molecule has 0 atom stereocenters. The summed E-state index contributed by atoms with van der Waals surface area (Å²) in [7, 11) is 0. The number of carbonyl (C=O) groups is 2. The number of primary amides is 2. The maximum Gasteiger partial charge on any atom is 0.238 e. The van der Waals surface area contributed by atoms with Crippen LogP contribution in [0, 0.1) is 0 Å². The van der Waals surface area contributed by atoms with Gasteiger partial charge in [0.2, 0.25) is 27.0 Å². The van der Waals surface area contributed by atoms with E-state index in [1.165, 1.54) is 0 Å². The molecule has 62 valence electrons. The summed E-state index contributed by atoms with van der Waals surface area (Å²) >= 11 is -0.276. The first-order valence-corrected chi connectivity index (χ1v) is 5.69. The topological polar surface area (TPSA) is 86.2 Å². The molecule has 0 heterocycles. The molecular weight excluding hydrogens is 159 g/mol. The van der Waals surface area contributed by atoms with Crippen molar-refractivity contribution in [1.82, 2.24) is 0 Å². The summed E-state index contributed by atoms with van der Waals surface area (Å²) in [5.74, 6) is -0.506. The number of nitrogens with two attached hydrogens (primary N) is 2. The Labute approximate surface area is 72.0 Å². The average molecular weight is 172 g/mol. The highest BCUT2D eigenvalue weighted by molar-refractivity contribution is 6.36. The minimum atomic E-state index is -0.276. The van der Waals surface area contributed by atoms with E-state index in [9.17, 15) is 9.59 Å². The zero-order valence-electron chi connectivity index (χ0n) is 6.51. The SMILES string of the molecule is NC(=O)C[CH2][AlH][CH2]CC(N)=O. The number of hydrogen-bond acceptors (Lipinski definition) is 2. The average Bonchev–Trinajstić information content (AvgIpc) is 1.85. The predicted octanol–water partition coefficient (Wildman–Crippen LogP) is -0.990. The first kappa shape index (κ1) is 10.5. The van der Waals surface area contributed by atoms with Gasteiger partial charge in [-0.05, 0) is 0 Å². The Morgan fingerprint density at radius 1 is 1.00 bits per heavy atom. The molecule has 0 aromatic heterocycles. The van der Waals surface area contributed by atoms with E-state index in [2.05, 4.69) is 0 Å². The maximum absolute atomic E-state index is 10.2. The maximum atomic E-state index is 10.2. The molecular formula is C6H13AlN2O2. The van der Waals surface area contributed by atoms with Crippen molar-refractivity contribution < 1.29 is 9.59 Å². The molecule has 0 fully saturated rings. The van der Waals surface area contributed by atoms with Gasteiger partial charge in [-0.2, -0.15) is 0 Å². The van der Waals surface area contributed by atoms with Gasteiger partial charge in [-0.3, -0.25) is 9.59 Å². The highest BCUT2D eigenvalue weighted by atomic mass is 27.1. The van der Waals surface area contributed by atoms with Crippen LogP contribution in [0.5, 0.6) is 0 Å². The van der Waals surface area contributed by atoms with Crippen LogP contribution in [0.3, 0.4) is 0 Å². The van der Waals surface area contributed by atoms with Crippen LogP contribution in [-0.2, 0) is 9.59 Å². The van der Waals surface area contributed by atoms with Gasteiger partial charge in [-0.25, -0.2) is 0 Å². The number of hydrogen-bond donors (Lipinski definition) is 2. The Balaban J connectivity index is 3.03. The van der Waals surface area contributed by atoms with Crippen molar-refractivity contribution >= 4 is 27.0 Å². The lowest BCUT2D eigenvalue weighted by molar-refractivity contribution is -0.118. The number of rotatable bonds is 6. The fourth-order valence-electron chi connectivity index (χ4n) is 0.775. The van der Waals surface area contributed by atoms with Gasteiger partial charge in [-0.1, -0.05) is 10.6 Å². The molecule has 2 amide bonds. The molecule has 0 radical (unpaired) electrons. The van der Waals surface area contributed by atoms with Crippen molar-refractivity contribution in [2.45, 2.75) is 23.4 Å². The van der Waals surface area contributed by atoms with Crippen LogP contribution in [0.25, 0.3) is 0 Å². The van der Waals surface area contributed by atoms with E-state index >= 15 is 0 Å². The van der Waals surface area contributed by atoms with Gasteiger partial charge in [0.25, 0.3) is 0 Å². The summed E-state index contributed by atoms with van der Waals surface area (Å²) in [6.07, 6.45) is 0.927. The van der Waals surface area contributed by atoms with Crippen molar-refractivity contribution in [3.05, 3.63) is 0 Å². The van der Waals surface area contributed by atoms with E-state index in [1.54, 1.807) is 0 Å². The third-order valence-electron chi connectivity index (χ3n) is 1.35. The monoisotopic (exact) mass is 172 g/mol. The summed E-state index contributed by atoms with van der Waals surface area (Å²) in [5, 5.41) is 1.78. The number of amides is 2. The minimum Gasteiger partial charge on any atom is -0.370 e. The van der Waals surface area contributed by atoms with Crippen LogP contribution in [0.4, 0.5) is 0 Å². The van der Waals surface area contributed by atoms with Crippen molar-refractivity contribution in [1.29, 1.82) is 0 Å². The highest BCUT2D eigenvalue weighted by Gasteiger charge is 1.99. The quantitative estimate of drug-likeness (QED) is 0.398. The molecule has 0 saturated heterocycles. The van der Waals surface area contributed by atoms with Gasteiger partial charge in [0, 0.05) is 12.8 Å². The van der Waals surface area contributed by atoms with Crippen molar-refractivity contribution in [3.63, 3.8) is 0 Å². The van der Waals surface area contributed by atoms with Gasteiger partial charge in [-0.15, -0.1) is 0 Å². The predicted molar refractivity (Wildman–Crippen MR) is 44.4 cm³/mol. The molecule has 11 heavy (non-hydrogen) atoms. The largest absolute Gasteiger partial charge is 0.370 e. The van der Waals surface area contributed by atoms with Crippen LogP contribution < -0.4 is 11.5 Å². The van der Waals surface area contributed by atoms with Crippen LogP contribution in [0.1, 0.15) is 12.8 Å². The van der Waals surface area contributed by atoms with E-state index in [-0.39, 0.29) is 27.0 Å². The van der Waals surface area contributed by atoms with E-state index < -0.39 is 0 Å². The summed E-state index contributed by atoms with van der Waals surface area (Å²) in [4.78, 5) is 20.5. The summed E-state index contributed by atoms with van der Waals surface area (Å²) < 4.78 is 0. The number of carbonyl (C=O) groups excluding carboxylic acids is 2. The molecule has 0 aliphatic carbocycles.